The van der Waals surface area contributed by atoms with Crippen LogP contribution in [0, 0.1) is 5.92 Å². The number of aromatic carboxylic acids is 1. The van der Waals surface area contributed by atoms with Gasteiger partial charge in [-0.2, -0.15) is 0 Å². The fourth-order valence-corrected chi connectivity index (χ4v) is 4.34. The molecule has 0 aliphatic rings. The number of hydrogen-bond acceptors (Lipinski definition) is 4. The number of anilines is 1. The van der Waals surface area contributed by atoms with Crippen LogP contribution in [0.3, 0.4) is 0 Å². The Kier molecular flexibility index (Phi) is 6.12. The summed E-state index contributed by atoms with van der Waals surface area (Å²) in [6.45, 7) is 4.14. The molecular weight excluding hydrogens is 402 g/mol. The highest BCUT2D eigenvalue weighted by atomic mass is 32.2. The Bertz CT molecular complexity index is 1170. The van der Waals surface area contributed by atoms with Crippen LogP contribution >= 0.6 is 0 Å². The normalized spacial score (nSPS) is 11.4. The molecule has 0 aliphatic carbocycles. The lowest BCUT2D eigenvalue weighted by atomic mass is 9.94. The summed E-state index contributed by atoms with van der Waals surface area (Å²) in [7, 11) is -3.93. The number of hydrogen-bond donors (Lipinski definition) is 3. The van der Waals surface area contributed by atoms with Gasteiger partial charge in [0.25, 0.3) is 10.0 Å². The van der Waals surface area contributed by atoms with E-state index in [4.69, 9.17) is 5.11 Å². The molecule has 3 rings (SSSR count). The first kappa shape index (κ1) is 21.4. The number of rotatable bonds is 7. The third-order valence-electron chi connectivity index (χ3n) is 4.58. The van der Waals surface area contributed by atoms with Crippen LogP contribution in [0.1, 0.15) is 29.8 Å². The molecule has 0 saturated heterocycles. The van der Waals surface area contributed by atoms with Crippen molar-refractivity contribution in [3.63, 3.8) is 0 Å². The zero-order chi connectivity index (χ0) is 21.9. The molecule has 0 bridgehead atoms. The molecule has 0 heterocycles. The van der Waals surface area contributed by atoms with Crippen LogP contribution in [0.4, 0.5) is 5.69 Å². The second kappa shape index (κ2) is 8.59. The van der Waals surface area contributed by atoms with Gasteiger partial charge in [0.05, 0.1) is 10.6 Å². The van der Waals surface area contributed by atoms with Crippen LogP contribution in [0.2, 0.25) is 0 Å². The Morgan fingerprint density at radius 1 is 1.00 bits per heavy atom. The molecule has 0 aromatic heterocycles. The summed E-state index contributed by atoms with van der Waals surface area (Å²) in [5, 5.41) is 18.8. The minimum Gasteiger partial charge on any atom is -0.507 e. The number of carboxylic acids is 1. The minimum absolute atomic E-state index is 0.0787. The third kappa shape index (κ3) is 4.80. The smallest absolute Gasteiger partial charge is 0.339 e. The van der Waals surface area contributed by atoms with E-state index in [9.17, 15) is 18.3 Å². The van der Waals surface area contributed by atoms with E-state index in [1.165, 1.54) is 6.07 Å². The Labute approximate surface area is 175 Å². The highest BCUT2D eigenvalue weighted by Crippen LogP contribution is 2.30. The molecule has 3 aromatic carbocycles. The lowest BCUT2D eigenvalue weighted by Gasteiger charge is -2.15. The molecule has 7 heteroatoms. The molecule has 0 amide bonds. The van der Waals surface area contributed by atoms with E-state index in [0.29, 0.717) is 12.3 Å². The standard InChI is InChI=1S/C23H23NO5S/c1-15(2)12-17-13-19(9-11-20(17)16-6-4-3-5-7-16)30(28,29)24-18-8-10-21(23(26)27)22(25)14-18/h3-11,13-15,24-25H,12H2,1-2H3,(H,26,27). The molecule has 0 saturated carbocycles. The Morgan fingerprint density at radius 2 is 1.70 bits per heavy atom. The number of nitrogens with one attached hydrogen (secondary N) is 1. The van der Waals surface area contributed by atoms with E-state index >= 15 is 0 Å². The predicted octanol–water partition coefficient (Wildman–Crippen LogP) is 4.76. The molecule has 156 valence electrons. The molecule has 0 unspecified atom stereocenters. The molecule has 6 nitrogen and oxygen atoms in total. The fourth-order valence-electron chi connectivity index (χ4n) is 3.24. The third-order valence-corrected chi connectivity index (χ3v) is 5.96. The molecule has 0 aliphatic heterocycles. The first-order valence-corrected chi connectivity index (χ1v) is 10.9. The molecular formula is C23H23NO5S. The summed E-state index contributed by atoms with van der Waals surface area (Å²) in [6, 6.07) is 18.3. The van der Waals surface area contributed by atoms with Crippen LogP contribution in [-0.2, 0) is 16.4 Å². The van der Waals surface area contributed by atoms with Crippen molar-refractivity contribution in [1.29, 1.82) is 0 Å². The average Bonchev–Trinajstić information content (AvgIpc) is 2.67. The fraction of sp³-hybridized carbons (Fsp3) is 0.174. The number of aromatic hydroxyl groups is 1. The van der Waals surface area contributed by atoms with E-state index < -0.39 is 21.7 Å². The minimum atomic E-state index is -3.93. The van der Waals surface area contributed by atoms with Crippen molar-refractivity contribution in [2.45, 2.75) is 25.2 Å². The average molecular weight is 426 g/mol. The monoisotopic (exact) mass is 425 g/mol. The topological polar surface area (TPSA) is 104 Å². The van der Waals surface area contributed by atoms with Crippen LogP contribution in [0.5, 0.6) is 5.75 Å². The Hall–Kier alpha value is -3.32. The summed E-state index contributed by atoms with van der Waals surface area (Å²) in [5.41, 5.74) is 2.69. The number of carboxylic acid groups (broad SMARTS) is 1. The number of benzene rings is 3. The van der Waals surface area contributed by atoms with Gasteiger partial charge in [0.15, 0.2) is 0 Å². The number of sulfonamides is 1. The van der Waals surface area contributed by atoms with Crippen molar-refractivity contribution in [3.05, 3.63) is 77.9 Å². The summed E-state index contributed by atoms with van der Waals surface area (Å²) < 4.78 is 28.2. The predicted molar refractivity (Wildman–Crippen MR) is 116 cm³/mol. The van der Waals surface area contributed by atoms with Crippen molar-refractivity contribution in [2.24, 2.45) is 5.92 Å². The molecule has 30 heavy (non-hydrogen) atoms. The van der Waals surface area contributed by atoms with Gasteiger partial charge in [-0.15, -0.1) is 0 Å². The molecule has 3 N–H and O–H groups in total. The summed E-state index contributed by atoms with van der Waals surface area (Å²) in [5.74, 6) is -1.47. The molecule has 0 radical (unpaired) electrons. The van der Waals surface area contributed by atoms with Crippen LogP contribution < -0.4 is 4.72 Å². The molecule has 0 spiro atoms. The second-order valence-electron chi connectivity index (χ2n) is 7.43. The summed E-state index contributed by atoms with van der Waals surface area (Å²) in [6.07, 6.45) is 0.710. The lowest BCUT2D eigenvalue weighted by Crippen LogP contribution is -2.14. The van der Waals surface area contributed by atoms with Crippen LogP contribution in [0.15, 0.2) is 71.6 Å². The zero-order valence-corrected chi connectivity index (χ0v) is 17.5. The van der Waals surface area contributed by atoms with Gasteiger partial charge in [0.2, 0.25) is 0 Å². The molecule has 0 fully saturated rings. The Balaban J connectivity index is 1.97. The first-order valence-electron chi connectivity index (χ1n) is 9.45. The molecule has 0 atom stereocenters. The van der Waals surface area contributed by atoms with Gasteiger partial charge in [-0.1, -0.05) is 50.2 Å². The van der Waals surface area contributed by atoms with Gasteiger partial charge in [-0.3, -0.25) is 4.72 Å². The van der Waals surface area contributed by atoms with Crippen LogP contribution in [0.25, 0.3) is 11.1 Å². The largest absolute Gasteiger partial charge is 0.507 e. The summed E-state index contributed by atoms with van der Waals surface area (Å²) >= 11 is 0. The first-order chi connectivity index (χ1) is 14.2. The lowest BCUT2D eigenvalue weighted by molar-refractivity contribution is 0.0694. The maximum Gasteiger partial charge on any atom is 0.339 e. The van der Waals surface area contributed by atoms with E-state index in [0.717, 1.165) is 28.8 Å². The second-order valence-corrected chi connectivity index (χ2v) is 9.11. The SMILES string of the molecule is CC(C)Cc1cc(S(=O)(=O)Nc2ccc(C(=O)O)c(O)c2)ccc1-c1ccccc1. The highest BCUT2D eigenvalue weighted by Gasteiger charge is 2.19. The van der Waals surface area contributed by atoms with Gasteiger partial charge in [0.1, 0.15) is 11.3 Å². The maximum absolute atomic E-state index is 12.9. The van der Waals surface area contributed by atoms with Crippen molar-refractivity contribution < 1.29 is 23.4 Å². The van der Waals surface area contributed by atoms with Crippen molar-refractivity contribution >= 4 is 21.7 Å². The van der Waals surface area contributed by atoms with Gasteiger partial charge < -0.3 is 10.2 Å². The number of phenols is 1. The zero-order valence-electron chi connectivity index (χ0n) is 16.7. The quantitative estimate of drug-likeness (QED) is 0.506. The van der Waals surface area contributed by atoms with E-state index in [1.807, 2.05) is 30.3 Å². The van der Waals surface area contributed by atoms with E-state index in [-0.39, 0.29) is 16.1 Å². The van der Waals surface area contributed by atoms with Crippen molar-refractivity contribution in [3.8, 4) is 16.9 Å². The maximum atomic E-state index is 12.9. The van der Waals surface area contributed by atoms with Gasteiger partial charge in [-0.05, 0) is 53.3 Å². The van der Waals surface area contributed by atoms with Crippen molar-refractivity contribution in [2.75, 3.05) is 4.72 Å². The van der Waals surface area contributed by atoms with E-state index in [2.05, 4.69) is 18.6 Å². The van der Waals surface area contributed by atoms with Gasteiger partial charge in [0, 0.05) is 6.07 Å². The van der Waals surface area contributed by atoms with Gasteiger partial charge >= 0.3 is 5.97 Å². The molecule has 3 aromatic rings. The van der Waals surface area contributed by atoms with Crippen LogP contribution in [-0.4, -0.2) is 24.6 Å². The van der Waals surface area contributed by atoms with Crippen molar-refractivity contribution in [1.82, 2.24) is 0 Å². The summed E-state index contributed by atoms with van der Waals surface area (Å²) in [4.78, 5) is 11.1. The highest BCUT2D eigenvalue weighted by molar-refractivity contribution is 7.92. The number of carbonyl (C=O) groups is 1. The van der Waals surface area contributed by atoms with Gasteiger partial charge in [-0.25, -0.2) is 13.2 Å². The van der Waals surface area contributed by atoms with E-state index in [1.54, 1.807) is 18.2 Å². The Morgan fingerprint density at radius 3 is 2.30 bits per heavy atom.